The zero-order valence-electron chi connectivity index (χ0n) is 19.2. The van der Waals surface area contributed by atoms with Gasteiger partial charge in [-0.25, -0.2) is 12.8 Å². The summed E-state index contributed by atoms with van der Waals surface area (Å²) in [5.74, 6) is 0.176. The second-order valence-electron chi connectivity index (χ2n) is 7.38. The van der Waals surface area contributed by atoms with Crippen LogP contribution in [0, 0.1) is 5.82 Å². The quantitative estimate of drug-likeness (QED) is 0.425. The molecule has 0 aliphatic carbocycles. The first kappa shape index (κ1) is 25.0. The Hall–Kier alpha value is -3.59. The van der Waals surface area contributed by atoms with Crippen molar-refractivity contribution in [1.82, 2.24) is 5.32 Å². The third kappa shape index (κ3) is 6.05. The first-order valence-electron chi connectivity index (χ1n) is 10.8. The normalized spacial score (nSPS) is 12.0. The van der Waals surface area contributed by atoms with Gasteiger partial charge in [-0.3, -0.25) is 9.52 Å². The number of rotatable bonds is 10. The highest BCUT2D eigenvalue weighted by Crippen LogP contribution is 2.31. The van der Waals surface area contributed by atoms with Crippen LogP contribution in [0.1, 0.15) is 42.7 Å². The molecule has 0 spiro atoms. The lowest BCUT2D eigenvalue weighted by molar-refractivity contribution is 0.0939. The molecule has 0 radical (unpaired) electrons. The van der Waals surface area contributed by atoms with Crippen molar-refractivity contribution in [3.05, 3.63) is 83.7 Å². The van der Waals surface area contributed by atoms with E-state index in [4.69, 9.17) is 9.47 Å². The van der Waals surface area contributed by atoms with Gasteiger partial charge in [0.2, 0.25) is 0 Å². The Morgan fingerprint density at radius 1 is 0.941 bits per heavy atom. The van der Waals surface area contributed by atoms with Gasteiger partial charge in [0.15, 0.2) is 11.5 Å². The van der Waals surface area contributed by atoms with Crippen LogP contribution in [0.25, 0.3) is 0 Å². The lowest BCUT2D eigenvalue weighted by atomic mass is 10.1. The van der Waals surface area contributed by atoms with Gasteiger partial charge >= 0.3 is 0 Å². The van der Waals surface area contributed by atoms with E-state index in [9.17, 15) is 17.6 Å². The molecule has 7 nitrogen and oxygen atoms in total. The molecule has 0 fully saturated rings. The molecule has 9 heteroatoms. The Kier molecular flexibility index (Phi) is 8.12. The standard InChI is InChI=1S/C25H27FN2O5S/c1-4-32-23-15-12-19(16-24(23)33-5-2)17(3)27-25(29)18-10-13-20(14-11-18)34(30,31)28-22-9-7-6-8-21(22)26/h6-17,28H,4-5H2,1-3H3,(H,27,29). The molecule has 2 N–H and O–H groups in total. The summed E-state index contributed by atoms with van der Waals surface area (Å²) in [7, 11) is -4.01. The Morgan fingerprint density at radius 2 is 1.59 bits per heavy atom. The molecule has 3 aromatic carbocycles. The zero-order valence-corrected chi connectivity index (χ0v) is 20.0. The summed E-state index contributed by atoms with van der Waals surface area (Å²) in [5, 5.41) is 2.89. The van der Waals surface area contributed by atoms with E-state index < -0.39 is 15.8 Å². The SMILES string of the molecule is CCOc1ccc(C(C)NC(=O)c2ccc(S(=O)(=O)Nc3ccccc3F)cc2)cc1OCC. The van der Waals surface area contributed by atoms with Gasteiger partial charge in [0.05, 0.1) is 29.8 Å². The molecule has 1 unspecified atom stereocenters. The first-order valence-corrected chi connectivity index (χ1v) is 12.3. The molecule has 0 saturated heterocycles. The number of carbonyl (C=O) groups is 1. The molecule has 0 aliphatic heterocycles. The molecular formula is C25H27FN2O5S. The fourth-order valence-corrected chi connectivity index (χ4v) is 4.30. The van der Waals surface area contributed by atoms with Crippen LogP contribution in [0.4, 0.5) is 10.1 Å². The Balaban J connectivity index is 1.71. The number of benzene rings is 3. The minimum absolute atomic E-state index is 0.0896. The number of amides is 1. The second kappa shape index (κ2) is 11.0. The molecule has 1 amide bonds. The number of sulfonamides is 1. The highest BCUT2D eigenvalue weighted by Gasteiger charge is 2.18. The fraction of sp³-hybridized carbons (Fsp3) is 0.240. The molecule has 1 atom stereocenters. The van der Waals surface area contributed by atoms with Crippen LogP contribution < -0.4 is 19.5 Å². The lowest BCUT2D eigenvalue weighted by Gasteiger charge is -2.18. The predicted molar refractivity (Wildman–Crippen MR) is 128 cm³/mol. The van der Waals surface area contributed by atoms with Crippen molar-refractivity contribution in [2.45, 2.75) is 31.7 Å². The van der Waals surface area contributed by atoms with E-state index in [0.717, 1.165) is 11.6 Å². The topological polar surface area (TPSA) is 93.7 Å². The van der Waals surface area contributed by atoms with E-state index in [1.807, 2.05) is 32.9 Å². The number of hydrogen-bond donors (Lipinski definition) is 2. The maximum atomic E-state index is 13.8. The van der Waals surface area contributed by atoms with Crippen molar-refractivity contribution in [1.29, 1.82) is 0 Å². The molecule has 0 bridgehead atoms. The van der Waals surface area contributed by atoms with Crippen molar-refractivity contribution in [2.75, 3.05) is 17.9 Å². The molecule has 0 saturated carbocycles. The summed E-state index contributed by atoms with van der Waals surface area (Å²) in [4.78, 5) is 12.6. The van der Waals surface area contributed by atoms with Crippen molar-refractivity contribution >= 4 is 21.6 Å². The molecule has 0 aromatic heterocycles. The van der Waals surface area contributed by atoms with E-state index in [0.29, 0.717) is 24.7 Å². The maximum Gasteiger partial charge on any atom is 0.261 e. The van der Waals surface area contributed by atoms with Gasteiger partial charge in [0.25, 0.3) is 15.9 Å². The number of hydrogen-bond acceptors (Lipinski definition) is 5. The van der Waals surface area contributed by atoms with Crippen molar-refractivity contribution in [2.24, 2.45) is 0 Å². The summed E-state index contributed by atoms with van der Waals surface area (Å²) in [6.45, 7) is 6.58. The molecule has 34 heavy (non-hydrogen) atoms. The van der Waals surface area contributed by atoms with Gasteiger partial charge in [-0.1, -0.05) is 18.2 Å². The summed E-state index contributed by atoms with van der Waals surface area (Å²) in [6, 6.07) is 16.0. The average Bonchev–Trinajstić information content (AvgIpc) is 2.82. The molecular weight excluding hydrogens is 459 g/mol. The number of anilines is 1. The average molecular weight is 487 g/mol. The smallest absolute Gasteiger partial charge is 0.261 e. The summed E-state index contributed by atoms with van der Waals surface area (Å²) < 4.78 is 52.3. The van der Waals surface area contributed by atoms with Gasteiger partial charge in [-0.15, -0.1) is 0 Å². The van der Waals surface area contributed by atoms with E-state index in [1.54, 1.807) is 6.07 Å². The number of para-hydroxylation sites is 1. The summed E-state index contributed by atoms with van der Waals surface area (Å²) >= 11 is 0. The number of ether oxygens (including phenoxy) is 2. The van der Waals surface area contributed by atoms with Crippen LogP contribution in [0.2, 0.25) is 0 Å². The largest absolute Gasteiger partial charge is 0.490 e. The van der Waals surface area contributed by atoms with E-state index in [-0.39, 0.29) is 28.1 Å². The van der Waals surface area contributed by atoms with E-state index in [1.165, 1.54) is 42.5 Å². The lowest BCUT2D eigenvalue weighted by Crippen LogP contribution is -2.26. The number of nitrogens with one attached hydrogen (secondary N) is 2. The Labute approximate surface area is 199 Å². The first-order chi connectivity index (χ1) is 16.2. The number of halogens is 1. The van der Waals surface area contributed by atoms with Crippen LogP contribution >= 0.6 is 0 Å². The molecule has 3 aromatic rings. The summed E-state index contributed by atoms with van der Waals surface area (Å²) in [6.07, 6.45) is 0. The van der Waals surface area contributed by atoms with Crippen LogP contribution in [-0.4, -0.2) is 27.5 Å². The predicted octanol–water partition coefficient (Wildman–Crippen LogP) is 4.91. The monoisotopic (exact) mass is 486 g/mol. The van der Waals surface area contributed by atoms with Crippen molar-refractivity contribution in [3.8, 4) is 11.5 Å². The van der Waals surface area contributed by atoms with E-state index >= 15 is 0 Å². The Morgan fingerprint density at radius 3 is 2.24 bits per heavy atom. The van der Waals surface area contributed by atoms with Crippen molar-refractivity contribution in [3.63, 3.8) is 0 Å². The molecule has 3 rings (SSSR count). The Bertz CT molecular complexity index is 1250. The van der Waals surface area contributed by atoms with Crippen molar-refractivity contribution < 1.29 is 27.1 Å². The van der Waals surface area contributed by atoms with Crippen LogP contribution in [0.5, 0.6) is 11.5 Å². The van der Waals surface area contributed by atoms with Gasteiger partial charge in [0, 0.05) is 5.56 Å². The molecule has 0 aliphatic rings. The zero-order chi connectivity index (χ0) is 24.7. The van der Waals surface area contributed by atoms with Gasteiger partial charge in [0.1, 0.15) is 5.82 Å². The number of carbonyl (C=O) groups excluding carboxylic acids is 1. The third-order valence-electron chi connectivity index (χ3n) is 4.96. The highest BCUT2D eigenvalue weighted by atomic mass is 32.2. The summed E-state index contributed by atoms with van der Waals surface area (Å²) in [5.41, 5.74) is 0.959. The second-order valence-corrected chi connectivity index (χ2v) is 9.06. The molecule has 180 valence electrons. The molecule has 0 heterocycles. The fourth-order valence-electron chi connectivity index (χ4n) is 3.23. The maximum absolute atomic E-state index is 13.8. The van der Waals surface area contributed by atoms with Gasteiger partial charge < -0.3 is 14.8 Å². The highest BCUT2D eigenvalue weighted by molar-refractivity contribution is 7.92. The van der Waals surface area contributed by atoms with Gasteiger partial charge in [-0.2, -0.15) is 0 Å². The van der Waals surface area contributed by atoms with Gasteiger partial charge in [-0.05, 0) is 74.9 Å². The van der Waals surface area contributed by atoms with Crippen LogP contribution in [-0.2, 0) is 10.0 Å². The third-order valence-corrected chi connectivity index (χ3v) is 6.34. The van der Waals surface area contributed by atoms with E-state index in [2.05, 4.69) is 10.0 Å². The minimum Gasteiger partial charge on any atom is -0.490 e. The minimum atomic E-state index is -4.01. The van der Waals surface area contributed by atoms with Crippen LogP contribution in [0.3, 0.4) is 0 Å². The van der Waals surface area contributed by atoms with Crippen LogP contribution in [0.15, 0.2) is 71.6 Å².